The molecule has 0 amide bonds. The van der Waals surface area contributed by atoms with Crippen LogP contribution in [0, 0.1) is 0 Å². The zero-order valence-electron chi connectivity index (χ0n) is 16.8. The van der Waals surface area contributed by atoms with E-state index in [0.717, 1.165) is 43.5 Å². The second-order valence-corrected chi connectivity index (χ2v) is 6.52. The van der Waals surface area contributed by atoms with E-state index in [2.05, 4.69) is 14.5 Å². The molecule has 0 saturated carbocycles. The normalized spacial score (nSPS) is 12.4. The molecular weight excluding hydrogens is 485 g/mol. The molecule has 1 heterocycles. The number of halogens is 9. The Labute approximate surface area is 185 Å². The minimum absolute atomic E-state index is 0.411. The van der Waals surface area contributed by atoms with E-state index in [1.165, 1.54) is 12.1 Å². The average molecular weight is 497 g/mol. The zero-order chi connectivity index (χ0) is 25.3. The van der Waals surface area contributed by atoms with Gasteiger partial charge in [0.05, 0.1) is 7.11 Å². The molecule has 4 nitrogen and oxygen atoms in total. The highest BCUT2D eigenvalue weighted by Gasteiger charge is 2.38. The maximum Gasteiger partial charge on any atom is 0.573 e. The van der Waals surface area contributed by atoms with Crippen molar-refractivity contribution in [2.75, 3.05) is 7.11 Å². The maximum atomic E-state index is 13.6. The monoisotopic (exact) mass is 497 g/mol. The van der Waals surface area contributed by atoms with E-state index >= 15 is 0 Å². The number of methoxy groups -OCH3 is 1. The van der Waals surface area contributed by atoms with E-state index < -0.39 is 64.2 Å². The van der Waals surface area contributed by atoms with Gasteiger partial charge in [0.2, 0.25) is 0 Å². The third kappa shape index (κ3) is 5.83. The summed E-state index contributed by atoms with van der Waals surface area (Å²) in [5.41, 5.74) is -3.91. The first kappa shape index (κ1) is 25.0. The van der Waals surface area contributed by atoms with Crippen LogP contribution >= 0.6 is 0 Å². The van der Waals surface area contributed by atoms with Crippen LogP contribution in [-0.2, 0) is 6.18 Å². The molecule has 13 heteroatoms. The zero-order valence-corrected chi connectivity index (χ0v) is 16.8. The number of rotatable bonds is 5. The SMILES string of the molecule is COc1c(-c2ccccc2OC(F)(F)F)cc(C(F)(F)F)nc1-c1ccccc1OC(F)(F)F. The van der Waals surface area contributed by atoms with Gasteiger partial charge >= 0.3 is 18.9 Å². The molecule has 182 valence electrons. The summed E-state index contributed by atoms with van der Waals surface area (Å²) in [6.45, 7) is 0. The first-order valence-electron chi connectivity index (χ1n) is 9.06. The second-order valence-electron chi connectivity index (χ2n) is 6.52. The molecule has 0 atom stereocenters. The molecule has 3 aromatic rings. The molecule has 1 aromatic heterocycles. The summed E-state index contributed by atoms with van der Waals surface area (Å²) in [4.78, 5) is 3.41. The van der Waals surface area contributed by atoms with Crippen molar-refractivity contribution in [2.45, 2.75) is 18.9 Å². The van der Waals surface area contributed by atoms with Crippen LogP contribution < -0.4 is 14.2 Å². The van der Waals surface area contributed by atoms with Gasteiger partial charge in [0, 0.05) is 16.7 Å². The lowest BCUT2D eigenvalue weighted by molar-refractivity contribution is -0.275. The molecule has 0 unspecified atom stereocenters. The quantitative estimate of drug-likeness (QED) is 0.349. The Bertz CT molecular complexity index is 1090. The lowest BCUT2D eigenvalue weighted by Crippen LogP contribution is -2.18. The molecule has 0 aliphatic carbocycles. The van der Waals surface area contributed by atoms with Crippen LogP contribution in [-0.4, -0.2) is 24.8 Å². The fraction of sp³-hybridized carbons (Fsp3) is 0.190. The van der Waals surface area contributed by atoms with Gasteiger partial charge in [-0.25, -0.2) is 4.98 Å². The van der Waals surface area contributed by atoms with Gasteiger partial charge in [0.1, 0.15) is 22.9 Å². The minimum atomic E-state index is -5.19. The summed E-state index contributed by atoms with van der Waals surface area (Å²) >= 11 is 0. The van der Waals surface area contributed by atoms with Gasteiger partial charge in [0.25, 0.3) is 0 Å². The predicted molar refractivity (Wildman–Crippen MR) is 100 cm³/mol. The summed E-state index contributed by atoms with van der Waals surface area (Å²) in [5, 5.41) is 0. The van der Waals surface area contributed by atoms with Crippen molar-refractivity contribution in [2.24, 2.45) is 0 Å². The summed E-state index contributed by atoms with van der Waals surface area (Å²) in [7, 11) is 0.970. The average Bonchev–Trinajstić information content (AvgIpc) is 2.70. The van der Waals surface area contributed by atoms with Gasteiger partial charge in [-0.3, -0.25) is 0 Å². The fourth-order valence-corrected chi connectivity index (χ4v) is 3.05. The molecule has 0 fully saturated rings. The fourth-order valence-electron chi connectivity index (χ4n) is 3.05. The number of pyridine rings is 1. The maximum absolute atomic E-state index is 13.6. The number of benzene rings is 2. The Morgan fingerprint density at radius 3 is 1.59 bits per heavy atom. The van der Waals surface area contributed by atoms with E-state index in [1.807, 2.05) is 0 Å². The molecule has 0 bridgehead atoms. The standard InChI is InChI=1S/C21H12F9NO3/c1-32-18-13(11-6-2-4-8-14(11)33-20(25,26)27)10-16(19(22,23)24)31-17(18)12-7-3-5-9-15(12)34-21(28,29)30/h2-10H,1H3. The van der Waals surface area contributed by atoms with Crippen LogP contribution in [0.3, 0.4) is 0 Å². The molecule has 3 rings (SSSR count). The van der Waals surface area contributed by atoms with Gasteiger partial charge in [-0.05, 0) is 24.3 Å². The van der Waals surface area contributed by atoms with Crippen molar-refractivity contribution in [1.29, 1.82) is 0 Å². The van der Waals surface area contributed by atoms with Gasteiger partial charge in [-0.15, -0.1) is 26.3 Å². The van der Waals surface area contributed by atoms with Crippen molar-refractivity contribution in [1.82, 2.24) is 4.98 Å². The van der Waals surface area contributed by atoms with Gasteiger partial charge in [-0.1, -0.05) is 30.3 Å². The molecule has 0 saturated heterocycles. The van der Waals surface area contributed by atoms with Crippen LogP contribution in [0.15, 0.2) is 54.6 Å². The number of hydrogen-bond acceptors (Lipinski definition) is 4. The first-order chi connectivity index (χ1) is 15.7. The number of aromatic nitrogens is 1. The molecule has 0 spiro atoms. The van der Waals surface area contributed by atoms with E-state index in [-0.39, 0.29) is 0 Å². The second kappa shape index (κ2) is 8.95. The lowest BCUT2D eigenvalue weighted by Gasteiger charge is -2.20. The number of nitrogens with zero attached hydrogens (tertiary/aromatic N) is 1. The molecule has 0 radical (unpaired) electrons. The highest BCUT2D eigenvalue weighted by molar-refractivity contribution is 5.85. The minimum Gasteiger partial charge on any atom is -0.494 e. The third-order valence-corrected chi connectivity index (χ3v) is 4.24. The van der Waals surface area contributed by atoms with Gasteiger partial charge in [-0.2, -0.15) is 13.2 Å². The summed E-state index contributed by atoms with van der Waals surface area (Å²) in [6, 6.07) is 8.85. The van der Waals surface area contributed by atoms with Crippen LogP contribution in [0.1, 0.15) is 5.69 Å². The largest absolute Gasteiger partial charge is 0.573 e. The van der Waals surface area contributed by atoms with Crippen molar-refractivity contribution in [3.8, 4) is 39.6 Å². The number of alkyl halides is 9. The summed E-state index contributed by atoms with van der Waals surface area (Å²) in [5.74, 6) is -2.30. The van der Waals surface area contributed by atoms with Crippen molar-refractivity contribution in [3.63, 3.8) is 0 Å². The lowest BCUT2D eigenvalue weighted by atomic mass is 9.99. The highest BCUT2D eigenvalue weighted by atomic mass is 19.4. The molecule has 0 N–H and O–H groups in total. The van der Waals surface area contributed by atoms with E-state index in [4.69, 9.17) is 4.74 Å². The Balaban J connectivity index is 2.36. The van der Waals surface area contributed by atoms with Crippen LogP contribution in [0.4, 0.5) is 39.5 Å². The predicted octanol–water partition coefficient (Wildman–Crippen LogP) is 7.24. The van der Waals surface area contributed by atoms with Crippen LogP contribution in [0.25, 0.3) is 22.4 Å². The van der Waals surface area contributed by atoms with E-state index in [1.54, 1.807) is 0 Å². The Kier molecular flexibility index (Phi) is 6.58. The summed E-state index contributed by atoms with van der Waals surface area (Å²) < 4.78 is 131. The molecular formula is C21H12F9NO3. The number of para-hydroxylation sites is 2. The smallest absolute Gasteiger partial charge is 0.494 e. The van der Waals surface area contributed by atoms with E-state index in [0.29, 0.717) is 6.07 Å². The Hall–Kier alpha value is -3.64. The molecule has 0 aliphatic rings. The topological polar surface area (TPSA) is 40.6 Å². The molecule has 2 aromatic carbocycles. The van der Waals surface area contributed by atoms with Crippen molar-refractivity contribution >= 4 is 0 Å². The Morgan fingerprint density at radius 2 is 1.12 bits per heavy atom. The van der Waals surface area contributed by atoms with Crippen LogP contribution in [0.5, 0.6) is 17.2 Å². The summed E-state index contributed by atoms with van der Waals surface area (Å²) in [6.07, 6.45) is -15.5. The van der Waals surface area contributed by atoms with Crippen molar-refractivity contribution in [3.05, 3.63) is 60.3 Å². The van der Waals surface area contributed by atoms with E-state index in [9.17, 15) is 39.5 Å². The van der Waals surface area contributed by atoms with Gasteiger partial charge < -0.3 is 14.2 Å². The first-order valence-corrected chi connectivity index (χ1v) is 9.06. The number of hydrogen-bond donors (Lipinski definition) is 0. The van der Waals surface area contributed by atoms with Crippen LogP contribution in [0.2, 0.25) is 0 Å². The van der Waals surface area contributed by atoms with Crippen molar-refractivity contribution < 1.29 is 53.7 Å². The number of ether oxygens (including phenoxy) is 3. The highest BCUT2D eigenvalue weighted by Crippen LogP contribution is 2.47. The van der Waals surface area contributed by atoms with Gasteiger partial charge in [0.15, 0.2) is 5.75 Å². The molecule has 0 aliphatic heterocycles. The Morgan fingerprint density at radius 1 is 0.647 bits per heavy atom. The molecule has 34 heavy (non-hydrogen) atoms. The third-order valence-electron chi connectivity index (χ3n) is 4.24.